The Labute approximate surface area is 196 Å². The van der Waals surface area contributed by atoms with Crippen LogP contribution in [0.3, 0.4) is 0 Å². The Kier molecular flexibility index (Phi) is 6.27. The van der Waals surface area contributed by atoms with Crippen LogP contribution in [0.15, 0.2) is 63.8 Å². The minimum Gasteiger partial charge on any atom is -0.493 e. The molecule has 0 bridgehead atoms. The zero-order chi connectivity index (χ0) is 24.4. The number of ether oxygens (including phenoxy) is 3. The van der Waals surface area contributed by atoms with Crippen LogP contribution in [0.4, 0.5) is 0 Å². The molecule has 1 aromatic heterocycles. The molecule has 0 saturated heterocycles. The van der Waals surface area contributed by atoms with Crippen LogP contribution in [0, 0.1) is 13.8 Å². The van der Waals surface area contributed by atoms with Gasteiger partial charge >= 0.3 is 5.97 Å². The lowest BCUT2D eigenvalue weighted by Crippen LogP contribution is -2.11. The molecule has 7 nitrogen and oxygen atoms in total. The zero-order valence-corrected chi connectivity index (χ0v) is 19.3. The smallest absolute Gasteiger partial charge is 0.335 e. The van der Waals surface area contributed by atoms with Crippen molar-refractivity contribution in [2.75, 3.05) is 14.2 Å². The van der Waals surface area contributed by atoms with Crippen molar-refractivity contribution in [3.05, 3.63) is 87.1 Å². The number of fused-ring (bicyclic) bond motifs is 1. The number of hydrogen-bond acceptors (Lipinski definition) is 6. The molecule has 34 heavy (non-hydrogen) atoms. The van der Waals surface area contributed by atoms with Gasteiger partial charge in [-0.05, 0) is 73.0 Å². The molecular formula is C27H24O7. The molecule has 1 heterocycles. The monoisotopic (exact) mass is 460 g/mol. The van der Waals surface area contributed by atoms with Gasteiger partial charge in [0.05, 0.1) is 25.2 Å². The Morgan fingerprint density at radius 2 is 1.68 bits per heavy atom. The number of aromatic carboxylic acids is 1. The third-order valence-electron chi connectivity index (χ3n) is 5.67. The average Bonchev–Trinajstić information content (AvgIpc) is 2.84. The summed E-state index contributed by atoms with van der Waals surface area (Å²) in [7, 11) is 3.07. The topological polar surface area (TPSA) is 95.2 Å². The summed E-state index contributed by atoms with van der Waals surface area (Å²) in [5.74, 6) is 0.250. The molecule has 174 valence electrons. The molecule has 7 heteroatoms. The second-order valence-electron chi connectivity index (χ2n) is 7.89. The highest BCUT2D eigenvalue weighted by molar-refractivity contribution is 5.87. The Morgan fingerprint density at radius 1 is 0.941 bits per heavy atom. The highest BCUT2D eigenvalue weighted by Crippen LogP contribution is 2.37. The SMILES string of the molecule is COc1ccc(-c2oc3cc(C)c(C)cc3c(=O)c2OCc2cccc(C(=O)O)c2)cc1OC. The van der Waals surface area contributed by atoms with E-state index in [4.69, 9.17) is 18.6 Å². The van der Waals surface area contributed by atoms with Crippen LogP contribution in [0.2, 0.25) is 0 Å². The summed E-state index contributed by atoms with van der Waals surface area (Å²) in [5, 5.41) is 9.67. The maximum absolute atomic E-state index is 13.5. The van der Waals surface area contributed by atoms with Crippen LogP contribution < -0.4 is 19.6 Å². The number of carboxylic acids is 1. The van der Waals surface area contributed by atoms with Gasteiger partial charge in [-0.1, -0.05) is 12.1 Å². The predicted octanol–water partition coefficient (Wildman–Crippen LogP) is 5.37. The summed E-state index contributed by atoms with van der Waals surface area (Å²) >= 11 is 0. The molecule has 0 fully saturated rings. The van der Waals surface area contributed by atoms with Gasteiger partial charge in [0.2, 0.25) is 11.2 Å². The average molecular weight is 460 g/mol. The second kappa shape index (κ2) is 9.31. The molecule has 0 aliphatic rings. The summed E-state index contributed by atoms with van der Waals surface area (Å²) in [5.41, 5.74) is 3.40. The van der Waals surface area contributed by atoms with Crippen LogP contribution in [0.25, 0.3) is 22.3 Å². The van der Waals surface area contributed by atoms with Crippen LogP contribution in [0.5, 0.6) is 17.2 Å². The highest BCUT2D eigenvalue weighted by atomic mass is 16.5. The second-order valence-corrected chi connectivity index (χ2v) is 7.89. The molecule has 0 radical (unpaired) electrons. The summed E-state index contributed by atoms with van der Waals surface area (Å²) < 4.78 is 22.9. The van der Waals surface area contributed by atoms with E-state index in [1.807, 2.05) is 19.9 Å². The van der Waals surface area contributed by atoms with E-state index in [9.17, 15) is 14.7 Å². The summed E-state index contributed by atoms with van der Waals surface area (Å²) in [6.07, 6.45) is 0. The molecule has 4 aromatic rings. The van der Waals surface area contributed by atoms with Crippen LogP contribution >= 0.6 is 0 Å². The number of hydrogen-bond donors (Lipinski definition) is 1. The molecule has 0 unspecified atom stereocenters. The lowest BCUT2D eigenvalue weighted by molar-refractivity contribution is 0.0696. The Morgan fingerprint density at radius 3 is 2.38 bits per heavy atom. The first kappa shape index (κ1) is 22.9. The summed E-state index contributed by atoms with van der Waals surface area (Å²) in [4.78, 5) is 24.8. The number of carbonyl (C=O) groups is 1. The number of rotatable bonds is 7. The quantitative estimate of drug-likeness (QED) is 0.396. The van der Waals surface area contributed by atoms with Crippen molar-refractivity contribution < 1.29 is 28.5 Å². The Hall–Kier alpha value is -4.26. The number of aryl methyl sites for hydroxylation is 2. The van der Waals surface area contributed by atoms with Gasteiger partial charge in [0, 0.05) is 5.56 Å². The van der Waals surface area contributed by atoms with Crippen LogP contribution in [-0.4, -0.2) is 25.3 Å². The first-order chi connectivity index (χ1) is 16.3. The van der Waals surface area contributed by atoms with Crippen LogP contribution in [-0.2, 0) is 6.61 Å². The zero-order valence-electron chi connectivity index (χ0n) is 19.3. The van der Waals surface area contributed by atoms with Gasteiger partial charge in [-0.25, -0.2) is 4.79 Å². The van der Waals surface area contributed by atoms with E-state index in [-0.39, 0.29) is 29.1 Å². The van der Waals surface area contributed by atoms with Gasteiger partial charge < -0.3 is 23.7 Å². The minimum absolute atomic E-state index is 0.0114. The maximum atomic E-state index is 13.5. The predicted molar refractivity (Wildman–Crippen MR) is 128 cm³/mol. The number of benzene rings is 3. The van der Waals surface area contributed by atoms with Gasteiger partial charge in [0.1, 0.15) is 12.2 Å². The molecule has 0 atom stereocenters. The Balaban J connectivity index is 1.87. The van der Waals surface area contributed by atoms with Crippen molar-refractivity contribution in [3.63, 3.8) is 0 Å². The van der Waals surface area contributed by atoms with E-state index in [0.717, 1.165) is 11.1 Å². The molecule has 0 spiro atoms. The standard InChI is InChI=1S/C27H24O7/c1-15-10-20-22(11-16(15)2)34-25(18-8-9-21(31-3)23(13-18)32-4)26(24(20)28)33-14-17-6-5-7-19(12-17)27(29)30/h5-13H,14H2,1-4H3,(H,29,30). The van der Waals surface area contributed by atoms with E-state index in [0.29, 0.717) is 33.6 Å². The van der Waals surface area contributed by atoms with E-state index in [1.54, 1.807) is 43.5 Å². The van der Waals surface area contributed by atoms with Crippen molar-refractivity contribution in [1.82, 2.24) is 0 Å². The van der Waals surface area contributed by atoms with Gasteiger partial charge in [-0.3, -0.25) is 4.79 Å². The van der Waals surface area contributed by atoms with Gasteiger partial charge in [-0.2, -0.15) is 0 Å². The number of methoxy groups -OCH3 is 2. The van der Waals surface area contributed by atoms with Gasteiger partial charge in [-0.15, -0.1) is 0 Å². The molecule has 0 aliphatic carbocycles. The fraction of sp³-hybridized carbons (Fsp3) is 0.185. The molecule has 1 N–H and O–H groups in total. The van der Waals surface area contributed by atoms with Crippen molar-refractivity contribution in [2.45, 2.75) is 20.5 Å². The van der Waals surface area contributed by atoms with E-state index in [1.165, 1.54) is 19.2 Å². The molecule has 0 amide bonds. The lowest BCUT2D eigenvalue weighted by Gasteiger charge is -2.14. The largest absolute Gasteiger partial charge is 0.493 e. The van der Waals surface area contributed by atoms with Crippen molar-refractivity contribution in [1.29, 1.82) is 0 Å². The minimum atomic E-state index is -1.04. The third-order valence-corrected chi connectivity index (χ3v) is 5.67. The first-order valence-electron chi connectivity index (χ1n) is 10.6. The maximum Gasteiger partial charge on any atom is 0.335 e. The van der Waals surface area contributed by atoms with E-state index in [2.05, 4.69) is 0 Å². The highest BCUT2D eigenvalue weighted by Gasteiger charge is 2.20. The normalized spacial score (nSPS) is 10.8. The fourth-order valence-electron chi connectivity index (χ4n) is 3.68. The van der Waals surface area contributed by atoms with Gasteiger partial charge in [0.15, 0.2) is 17.3 Å². The first-order valence-corrected chi connectivity index (χ1v) is 10.6. The molecule has 0 saturated carbocycles. The van der Waals surface area contributed by atoms with Crippen molar-refractivity contribution >= 4 is 16.9 Å². The van der Waals surface area contributed by atoms with E-state index < -0.39 is 5.97 Å². The Bertz CT molecular complexity index is 1450. The lowest BCUT2D eigenvalue weighted by atomic mass is 10.0. The summed E-state index contributed by atoms with van der Waals surface area (Å²) in [6, 6.07) is 15.2. The summed E-state index contributed by atoms with van der Waals surface area (Å²) in [6.45, 7) is 3.86. The molecule has 3 aromatic carbocycles. The van der Waals surface area contributed by atoms with Crippen molar-refractivity contribution in [3.8, 4) is 28.6 Å². The van der Waals surface area contributed by atoms with Crippen LogP contribution in [0.1, 0.15) is 27.0 Å². The van der Waals surface area contributed by atoms with Crippen molar-refractivity contribution in [2.24, 2.45) is 0 Å². The third kappa shape index (κ3) is 4.32. The van der Waals surface area contributed by atoms with E-state index >= 15 is 0 Å². The molecule has 0 aliphatic heterocycles. The van der Waals surface area contributed by atoms with Gasteiger partial charge in [0.25, 0.3) is 0 Å². The molecular weight excluding hydrogens is 436 g/mol. The molecule has 4 rings (SSSR count). The fourth-order valence-corrected chi connectivity index (χ4v) is 3.68. The number of carboxylic acid groups (broad SMARTS) is 1.